The SMILES string of the molecule is COc1cc(Br)cc2c1C(=O)N(C)CCO2. The van der Waals surface area contributed by atoms with Gasteiger partial charge in [-0.2, -0.15) is 0 Å². The Bertz CT molecular complexity index is 433. The van der Waals surface area contributed by atoms with Crippen molar-refractivity contribution < 1.29 is 14.3 Å². The average molecular weight is 286 g/mol. The fraction of sp³-hybridized carbons (Fsp3) is 0.364. The molecule has 0 N–H and O–H groups in total. The van der Waals surface area contributed by atoms with Crippen LogP contribution in [0.4, 0.5) is 0 Å². The number of halogens is 1. The van der Waals surface area contributed by atoms with Crippen LogP contribution < -0.4 is 9.47 Å². The maximum absolute atomic E-state index is 12.1. The third-order valence-electron chi connectivity index (χ3n) is 2.50. The highest BCUT2D eigenvalue weighted by molar-refractivity contribution is 9.10. The van der Waals surface area contributed by atoms with Crippen LogP contribution in [0.2, 0.25) is 0 Å². The maximum Gasteiger partial charge on any atom is 0.261 e. The van der Waals surface area contributed by atoms with Gasteiger partial charge in [0.05, 0.1) is 13.7 Å². The van der Waals surface area contributed by atoms with E-state index in [9.17, 15) is 4.79 Å². The first-order valence-corrected chi connectivity index (χ1v) is 5.68. The summed E-state index contributed by atoms with van der Waals surface area (Å²) in [6.07, 6.45) is 0. The average Bonchev–Trinajstić information content (AvgIpc) is 2.39. The molecule has 86 valence electrons. The molecule has 1 aliphatic rings. The van der Waals surface area contributed by atoms with Gasteiger partial charge in [-0.05, 0) is 12.1 Å². The molecule has 0 fully saturated rings. The summed E-state index contributed by atoms with van der Waals surface area (Å²) in [4.78, 5) is 13.7. The Morgan fingerprint density at radius 2 is 2.25 bits per heavy atom. The molecule has 0 saturated heterocycles. The molecule has 4 nitrogen and oxygen atoms in total. The molecule has 0 aromatic heterocycles. The van der Waals surface area contributed by atoms with Gasteiger partial charge in [-0.15, -0.1) is 0 Å². The topological polar surface area (TPSA) is 38.8 Å². The summed E-state index contributed by atoms with van der Waals surface area (Å²) in [5.41, 5.74) is 0.491. The molecule has 1 aliphatic heterocycles. The molecule has 2 rings (SSSR count). The second-order valence-electron chi connectivity index (χ2n) is 3.56. The molecular weight excluding hydrogens is 274 g/mol. The standard InChI is InChI=1S/C11H12BrNO3/c1-13-3-4-16-9-6-7(12)5-8(15-2)10(9)11(13)14/h5-6H,3-4H2,1-2H3. The van der Waals surface area contributed by atoms with Crippen LogP contribution in [0.5, 0.6) is 11.5 Å². The van der Waals surface area contributed by atoms with Gasteiger partial charge in [0.2, 0.25) is 0 Å². The summed E-state index contributed by atoms with van der Waals surface area (Å²) in [6.45, 7) is 1.07. The van der Waals surface area contributed by atoms with Gasteiger partial charge in [0.1, 0.15) is 23.7 Å². The number of nitrogens with zero attached hydrogens (tertiary/aromatic N) is 1. The van der Waals surface area contributed by atoms with E-state index in [1.165, 1.54) is 0 Å². The zero-order chi connectivity index (χ0) is 11.7. The van der Waals surface area contributed by atoms with E-state index in [1.807, 2.05) is 0 Å². The Kier molecular flexibility index (Phi) is 3.05. The van der Waals surface area contributed by atoms with Crippen LogP contribution in [0.15, 0.2) is 16.6 Å². The fourth-order valence-corrected chi connectivity index (χ4v) is 2.04. The number of likely N-dealkylation sites (N-methyl/N-ethyl adjacent to an activating group) is 1. The summed E-state index contributed by atoms with van der Waals surface area (Å²) >= 11 is 3.36. The van der Waals surface area contributed by atoms with Crippen molar-refractivity contribution in [3.05, 3.63) is 22.2 Å². The molecule has 1 aromatic carbocycles. The molecular formula is C11H12BrNO3. The van der Waals surface area contributed by atoms with E-state index in [1.54, 1.807) is 31.2 Å². The van der Waals surface area contributed by atoms with Gasteiger partial charge in [-0.3, -0.25) is 4.79 Å². The highest BCUT2D eigenvalue weighted by Crippen LogP contribution is 2.34. The Morgan fingerprint density at radius 1 is 1.50 bits per heavy atom. The Hall–Kier alpha value is -1.23. The van der Waals surface area contributed by atoms with Crippen LogP contribution in [0.25, 0.3) is 0 Å². The number of hydrogen-bond acceptors (Lipinski definition) is 3. The quantitative estimate of drug-likeness (QED) is 0.791. The highest BCUT2D eigenvalue weighted by Gasteiger charge is 2.25. The Balaban J connectivity index is 2.59. The van der Waals surface area contributed by atoms with Crippen molar-refractivity contribution in [1.29, 1.82) is 0 Å². The molecule has 16 heavy (non-hydrogen) atoms. The first kappa shape index (κ1) is 11.3. The highest BCUT2D eigenvalue weighted by atomic mass is 79.9. The van der Waals surface area contributed by atoms with Crippen LogP contribution >= 0.6 is 15.9 Å². The summed E-state index contributed by atoms with van der Waals surface area (Å²) in [7, 11) is 3.29. The van der Waals surface area contributed by atoms with Crippen LogP contribution in [-0.4, -0.2) is 38.1 Å². The lowest BCUT2D eigenvalue weighted by Gasteiger charge is -2.14. The van der Waals surface area contributed by atoms with E-state index >= 15 is 0 Å². The van der Waals surface area contributed by atoms with Crippen LogP contribution in [0, 0.1) is 0 Å². The number of benzene rings is 1. The fourth-order valence-electron chi connectivity index (χ4n) is 1.63. The van der Waals surface area contributed by atoms with Crippen LogP contribution in [0.1, 0.15) is 10.4 Å². The molecule has 0 atom stereocenters. The molecule has 0 spiro atoms. The van der Waals surface area contributed by atoms with Gasteiger partial charge in [-0.25, -0.2) is 0 Å². The molecule has 1 aromatic rings. The smallest absolute Gasteiger partial charge is 0.261 e. The van der Waals surface area contributed by atoms with Crippen molar-refractivity contribution in [2.24, 2.45) is 0 Å². The van der Waals surface area contributed by atoms with E-state index < -0.39 is 0 Å². The van der Waals surface area contributed by atoms with Gasteiger partial charge >= 0.3 is 0 Å². The predicted octanol–water partition coefficient (Wildman–Crippen LogP) is 1.92. The van der Waals surface area contributed by atoms with E-state index in [4.69, 9.17) is 9.47 Å². The number of carbonyl (C=O) groups is 1. The second kappa shape index (κ2) is 4.33. The van der Waals surface area contributed by atoms with E-state index in [0.29, 0.717) is 30.2 Å². The number of rotatable bonds is 1. The van der Waals surface area contributed by atoms with Gasteiger partial charge in [-0.1, -0.05) is 15.9 Å². The van der Waals surface area contributed by atoms with Crippen molar-refractivity contribution in [1.82, 2.24) is 4.90 Å². The van der Waals surface area contributed by atoms with E-state index in [0.717, 1.165) is 4.47 Å². The van der Waals surface area contributed by atoms with Gasteiger partial charge in [0.25, 0.3) is 5.91 Å². The van der Waals surface area contributed by atoms with Gasteiger partial charge < -0.3 is 14.4 Å². The zero-order valence-electron chi connectivity index (χ0n) is 9.12. The van der Waals surface area contributed by atoms with Gasteiger partial charge in [0.15, 0.2) is 0 Å². The third kappa shape index (κ3) is 1.87. The summed E-state index contributed by atoms with van der Waals surface area (Å²) in [6, 6.07) is 3.55. The normalized spacial score (nSPS) is 15.2. The number of fused-ring (bicyclic) bond motifs is 1. The minimum absolute atomic E-state index is 0.0724. The molecule has 0 saturated carbocycles. The summed E-state index contributed by atoms with van der Waals surface area (Å²) < 4.78 is 11.6. The molecule has 0 aliphatic carbocycles. The predicted molar refractivity (Wildman–Crippen MR) is 63.1 cm³/mol. The number of ether oxygens (including phenoxy) is 2. The molecule has 0 radical (unpaired) electrons. The summed E-state index contributed by atoms with van der Waals surface area (Å²) in [5.74, 6) is 1.03. The zero-order valence-corrected chi connectivity index (χ0v) is 10.7. The lowest BCUT2D eigenvalue weighted by atomic mass is 10.1. The first-order chi connectivity index (χ1) is 7.63. The monoisotopic (exact) mass is 285 g/mol. The van der Waals surface area contributed by atoms with Crippen LogP contribution in [-0.2, 0) is 0 Å². The summed E-state index contributed by atoms with van der Waals surface area (Å²) in [5, 5.41) is 0. The molecule has 5 heteroatoms. The number of carbonyl (C=O) groups excluding carboxylic acids is 1. The van der Waals surface area contributed by atoms with E-state index in [-0.39, 0.29) is 5.91 Å². The van der Waals surface area contributed by atoms with Gasteiger partial charge in [0, 0.05) is 11.5 Å². The van der Waals surface area contributed by atoms with Crippen molar-refractivity contribution in [3.63, 3.8) is 0 Å². The number of hydrogen-bond donors (Lipinski definition) is 0. The molecule has 1 amide bonds. The molecule has 0 unspecified atom stereocenters. The lowest BCUT2D eigenvalue weighted by Crippen LogP contribution is -2.28. The third-order valence-corrected chi connectivity index (χ3v) is 2.95. The number of amides is 1. The van der Waals surface area contributed by atoms with E-state index in [2.05, 4.69) is 15.9 Å². The Morgan fingerprint density at radius 3 is 2.94 bits per heavy atom. The maximum atomic E-state index is 12.1. The second-order valence-corrected chi connectivity index (χ2v) is 4.47. The van der Waals surface area contributed by atoms with Crippen molar-refractivity contribution in [2.75, 3.05) is 27.3 Å². The largest absolute Gasteiger partial charge is 0.496 e. The molecule has 0 bridgehead atoms. The number of methoxy groups -OCH3 is 1. The van der Waals surface area contributed by atoms with Crippen molar-refractivity contribution in [2.45, 2.75) is 0 Å². The minimum atomic E-state index is -0.0724. The lowest BCUT2D eigenvalue weighted by molar-refractivity contribution is 0.0794. The Labute approximate surface area is 102 Å². The minimum Gasteiger partial charge on any atom is -0.496 e. The van der Waals surface area contributed by atoms with Crippen molar-refractivity contribution >= 4 is 21.8 Å². The molecule has 1 heterocycles. The first-order valence-electron chi connectivity index (χ1n) is 4.89. The van der Waals surface area contributed by atoms with Crippen molar-refractivity contribution in [3.8, 4) is 11.5 Å². The van der Waals surface area contributed by atoms with Crippen LogP contribution in [0.3, 0.4) is 0 Å².